The van der Waals surface area contributed by atoms with Gasteiger partial charge >= 0.3 is 6.03 Å². The fourth-order valence-corrected chi connectivity index (χ4v) is 4.88. The first kappa shape index (κ1) is 29.9. The summed E-state index contributed by atoms with van der Waals surface area (Å²) in [6.07, 6.45) is 3.55. The average Bonchev–Trinajstić information content (AvgIpc) is 3.74. The van der Waals surface area contributed by atoms with E-state index in [2.05, 4.69) is 31.2 Å². The Morgan fingerprint density at radius 1 is 1.05 bits per heavy atom. The summed E-state index contributed by atoms with van der Waals surface area (Å²) in [4.78, 5) is 36.8. The molecule has 0 aliphatic heterocycles. The number of hydrogen-bond donors (Lipinski definition) is 5. The van der Waals surface area contributed by atoms with Crippen LogP contribution in [-0.4, -0.2) is 35.0 Å². The first-order valence-electron chi connectivity index (χ1n) is 14.0. The molecule has 5 rings (SSSR count). The highest BCUT2D eigenvalue weighted by Gasteiger charge is 2.30. The number of pyridine rings is 1. The highest BCUT2D eigenvalue weighted by atomic mass is 32.1. The van der Waals surface area contributed by atoms with E-state index in [4.69, 9.17) is 5.73 Å². The number of aromatic nitrogens is 2. The van der Waals surface area contributed by atoms with Gasteiger partial charge in [-0.25, -0.2) is 19.2 Å². The largest absolute Gasteiger partial charge is 0.342 e. The van der Waals surface area contributed by atoms with E-state index in [1.165, 1.54) is 23.5 Å². The lowest BCUT2D eigenvalue weighted by molar-refractivity contribution is -0.117. The van der Waals surface area contributed by atoms with Crippen LogP contribution < -0.4 is 31.9 Å². The average molecular weight is 603 g/mol. The third kappa shape index (κ3) is 7.65. The normalized spacial score (nSPS) is 14.2. The number of halogens is 1. The van der Waals surface area contributed by atoms with E-state index in [9.17, 15) is 14.0 Å². The molecule has 12 heteroatoms. The van der Waals surface area contributed by atoms with Crippen LogP contribution >= 0.6 is 11.3 Å². The van der Waals surface area contributed by atoms with Gasteiger partial charge in [0.15, 0.2) is 5.13 Å². The van der Waals surface area contributed by atoms with Crippen LogP contribution in [0, 0.1) is 17.2 Å². The number of para-hydroxylation sites is 1. The van der Waals surface area contributed by atoms with E-state index < -0.39 is 11.8 Å². The van der Waals surface area contributed by atoms with Gasteiger partial charge in [-0.1, -0.05) is 50.3 Å². The maximum atomic E-state index is 14.9. The van der Waals surface area contributed by atoms with Crippen molar-refractivity contribution in [2.45, 2.75) is 39.7 Å². The van der Waals surface area contributed by atoms with Gasteiger partial charge in [-0.15, -0.1) is 0 Å². The fourth-order valence-electron chi connectivity index (χ4n) is 4.05. The molecule has 10 nitrogen and oxygen atoms in total. The highest BCUT2D eigenvalue weighted by molar-refractivity contribution is 7.22. The lowest BCUT2D eigenvalue weighted by Crippen LogP contribution is -2.37. The van der Waals surface area contributed by atoms with E-state index >= 15 is 0 Å². The number of carbonyl (C=O) groups is 2. The molecule has 0 bridgehead atoms. The van der Waals surface area contributed by atoms with Crippen LogP contribution in [0.5, 0.6) is 0 Å². The topological polar surface area (TPSA) is 137 Å². The Morgan fingerprint density at radius 2 is 1.79 bits per heavy atom. The van der Waals surface area contributed by atoms with E-state index in [1.54, 1.807) is 30.2 Å². The van der Waals surface area contributed by atoms with E-state index in [0.29, 0.717) is 32.8 Å². The molecule has 43 heavy (non-hydrogen) atoms. The SMILES string of the molecule is CN(c1ccc(F)c(NC(=O)N/C(=C/C(N)C(C)(C)C)Nc2ccccc2)c1)c1ccc2nc(NC(=O)C3CC3)sc2n1. The Kier molecular flexibility index (Phi) is 8.60. The molecule has 1 aliphatic carbocycles. The Labute approximate surface area is 253 Å². The maximum Gasteiger partial charge on any atom is 0.324 e. The van der Waals surface area contributed by atoms with Crippen molar-refractivity contribution >= 4 is 61.6 Å². The van der Waals surface area contributed by atoms with Crippen molar-refractivity contribution in [3.05, 3.63) is 78.4 Å². The van der Waals surface area contributed by atoms with Crippen LogP contribution in [0.4, 0.5) is 37.2 Å². The van der Waals surface area contributed by atoms with Gasteiger partial charge < -0.3 is 26.6 Å². The molecule has 0 radical (unpaired) electrons. The molecule has 0 saturated heterocycles. The van der Waals surface area contributed by atoms with Crippen LogP contribution in [-0.2, 0) is 4.79 Å². The molecule has 3 amide bonds. The van der Waals surface area contributed by atoms with Gasteiger partial charge in [0.2, 0.25) is 5.91 Å². The first-order valence-corrected chi connectivity index (χ1v) is 14.8. The number of thiazole rings is 1. The number of urea groups is 1. The van der Waals surface area contributed by atoms with Crippen LogP contribution in [0.1, 0.15) is 33.6 Å². The fraction of sp³-hybridized carbons (Fsp3) is 0.290. The summed E-state index contributed by atoms with van der Waals surface area (Å²) in [5.41, 5.74) is 8.12. The molecule has 1 saturated carbocycles. The maximum absolute atomic E-state index is 14.9. The zero-order valence-electron chi connectivity index (χ0n) is 24.4. The lowest BCUT2D eigenvalue weighted by atomic mass is 9.87. The summed E-state index contributed by atoms with van der Waals surface area (Å²) >= 11 is 1.30. The highest BCUT2D eigenvalue weighted by Crippen LogP contribution is 2.33. The molecule has 2 heterocycles. The van der Waals surface area contributed by atoms with Crippen molar-refractivity contribution in [2.75, 3.05) is 27.9 Å². The standard InChI is InChI=1S/C31H35FN8O2S/c1-31(2,3)24(33)17-25(34-19-8-6-5-7-9-19)37-29(42)35-23-16-20(12-13-21(23)32)40(4)26-15-14-22-28(38-26)43-30(36-22)39-27(41)18-10-11-18/h5-9,12-18,24,34H,10-11,33H2,1-4H3,(H2,35,37,42)(H,36,39,41)/b25-17+. The first-order chi connectivity index (χ1) is 20.5. The van der Waals surface area contributed by atoms with Crippen LogP contribution in [0.3, 0.4) is 0 Å². The van der Waals surface area contributed by atoms with Gasteiger partial charge in [0.05, 0.1) is 5.69 Å². The summed E-state index contributed by atoms with van der Waals surface area (Å²) in [6.45, 7) is 6.00. The number of benzene rings is 2. The monoisotopic (exact) mass is 602 g/mol. The summed E-state index contributed by atoms with van der Waals surface area (Å²) in [7, 11) is 1.79. The number of carbonyl (C=O) groups excluding carboxylic acids is 2. The molecular formula is C31H35FN8O2S. The minimum absolute atomic E-state index is 0.00928. The molecule has 224 valence electrons. The van der Waals surface area contributed by atoms with Crippen LogP contribution in [0.15, 0.2) is 72.6 Å². The molecule has 2 aromatic heterocycles. The van der Waals surface area contributed by atoms with Gasteiger partial charge in [0, 0.05) is 30.4 Å². The van der Waals surface area contributed by atoms with Crippen LogP contribution in [0.2, 0.25) is 0 Å². The summed E-state index contributed by atoms with van der Waals surface area (Å²) < 4.78 is 14.9. The Hall–Kier alpha value is -4.55. The number of amides is 3. The predicted molar refractivity (Wildman–Crippen MR) is 171 cm³/mol. The minimum Gasteiger partial charge on any atom is -0.342 e. The van der Waals surface area contributed by atoms with Crippen molar-refractivity contribution < 1.29 is 14.0 Å². The molecule has 2 aromatic carbocycles. The van der Waals surface area contributed by atoms with E-state index in [0.717, 1.165) is 18.5 Å². The van der Waals surface area contributed by atoms with Crippen molar-refractivity contribution in [1.29, 1.82) is 0 Å². The van der Waals surface area contributed by atoms with Gasteiger partial charge in [-0.3, -0.25) is 10.1 Å². The predicted octanol–water partition coefficient (Wildman–Crippen LogP) is 6.40. The third-order valence-corrected chi connectivity index (χ3v) is 7.88. The number of nitrogens with two attached hydrogens (primary N) is 1. The van der Waals surface area contributed by atoms with Crippen molar-refractivity contribution in [2.24, 2.45) is 17.1 Å². The Morgan fingerprint density at radius 3 is 2.49 bits per heavy atom. The Balaban J connectivity index is 1.31. The second-order valence-corrected chi connectivity index (χ2v) is 12.5. The Bertz CT molecular complexity index is 1660. The van der Waals surface area contributed by atoms with Crippen LogP contribution in [0.25, 0.3) is 10.3 Å². The number of anilines is 5. The van der Waals surface area contributed by atoms with Gasteiger partial charge in [-0.2, -0.15) is 0 Å². The van der Waals surface area contributed by atoms with Gasteiger partial charge in [0.25, 0.3) is 0 Å². The van der Waals surface area contributed by atoms with Crippen molar-refractivity contribution in [1.82, 2.24) is 15.3 Å². The quantitative estimate of drug-likeness (QED) is 0.150. The molecule has 1 atom stereocenters. The molecule has 6 N–H and O–H groups in total. The molecule has 1 aliphatic rings. The smallest absolute Gasteiger partial charge is 0.324 e. The molecule has 1 unspecified atom stereocenters. The number of hydrogen-bond acceptors (Lipinski definition) is 8. The number of nitrogens with one attached hydrogen (secondary N) is 4. The molecule has 1 fully saturated rings. The summed E-state index contributed by atoms with van der Waals surface area (Å²) in [6, 6.07) is 16.4. The third-order valence-electron chi connectivity index (χ3n) is 7.00. The van der Waals surface area contributed by atoms with Gasteiger partial charge in [0.1, 0.15) is 27.8 Å². The number of rotatable bonds is 9. The molecule has 0 spiro atoms. The number of nitrogens with zero attached hydrogens (tertiary/aromatic N) is 3. The second-order valence-electron chi connectivity index (χ2n) is 11.5. The summed E-state index contributed by atoms with van der Waals surface area (Å²) in [5, 5.41) is 11.9. The van der Waals surface area contributed by atoms with Crippen molar-refractivity contribution in [3.8, 4) is 0 Å². The minimum atomic E-state index is -0.639. The molecular weight excluding hydrogens is 567 g/mol. The van der Waals surface area contributed by atoms with E-state index in [1.807, 2.05) is 57.2 Å². The number of fused-ring (bicyclic) bond motifs is 1. The summed E-state index contributed by atoms with van der Waals surface area (Å²) in [5.74, 6) is 0.430. The second kappa shape index (κ2) is 12.4. The lowest BCUT2D eigenvalue weighted by Gasteiger charge is -2.25. The zero-order valence-corrected chi connectivity index (χ0v) is 25.3. The van der Waals surface area contributed by atoms with E-state index in [-0.39, 0.29) is 29.0 Å². The van der Waals surface area contributed by atoms with Gasteiger partial charge in [-0.05, 0) is 66.8 Å². The van der Waals surface area contributed by atoms with Crippen molar-refractivity contribution in [3.63, 3.8) is 0 Å². The molecule has 4 aromatic rings. The zero-order chi connectivity index (χ0) is 30.7.